The van der Waals surface area contributed by atoms with Crippen LogP contribution in [0.3, 0.4) is 0 Å². The summed E-state index contributed by atoms with van der Waals surface area (Å²) in [5.74, 6) is 0.906. The minimum Gasteiger partial charge on any atom is -0.481 e. The van der Waals surface area contributed by atoms with E-state index >= 15 is 0 Å². The number of nitrogens with one attached hydrogen (secondary N) is 1. The number of anilines is 1. The number of nitrogens with two attached hydrogens (primary N) is 1. The van der Waals surface area contributed by atoms with E-state index in [9.17, 15) is 0 Å². The van der Waals surface area contributed by atoms with Gasteiger partial charge < -0.3 is 20.5 Å². The van der Waals surface area contributed by atoms with Crippen LogP contribution in [-0.4, -0.2) is 25.2 Å². The van der Waals surface area contributed by atoms with Gasteiger partial charge in [0, 0.05) is 30.6 Å². The molecule has 0 aliphatic heterocycles. The molecular formula is C16H21IN4O2. The van der Waals surface area contributed by atoms with Crippen molar-refractivity contribution in [3.63, 3.8) is 0 Å². The highest BCUT2D eigenvalue weighted by Crippen LogP contribution is 2.15. The highest BCUT2D eigenvalue weighted by molar-refractivity contribution is 14.0. The molecule has 0 aliphatic carbocycles. The zero-order valence-corrected chi connectivity index (χ0v) is 15.5. The van der Waals surface area contributed by atoms with Gasteiger partial charge in [0.05, 0.1) is 20.3 Å². The quantitative estimate of drug-likeness (QED) is 0.420. The molecule has 0 aliphatic rings. The molecule has 6 nitrogen and oxygen atoms in total. The molecule has 3 N–H and O–H groups in total. The summed E-state index contributed by atoms with van der Waals surface area (Å²) >= 11 is 0. The smallest absolute Gasteiger partial charge is 0.213 e. The van der Waals surface area contributed by atoms with Crippen LogP contribution in [0.2, 0.25) is 0 Å². The maximum absolute atomic E-state index is 5.94. The number of benzene rings is 1. The Kier molecular flexibility index (Phi) is 8.35. The number of methoxy groups -OCH3 is 2. The zero-order valence-electron chi connectivity index (χ0n) is 13.2. The van der Waals surface area contributed by atoms with Crippen molar-refractivity contribution >= 4 is 35.6 Å². The van der Waals surface area contributed by atoms with Crippen LogP contribution in [0.5, 0.6) is 5.88 Å². The van der Waals surface area contributed by atoms with Crippen LogP contribution in [0, 0.1) is 0 Å². The number of hydrogen-bond donors (Lipinski definition) is 2. The predicted molar refractivity (Wildman–Crippen MR) is 102 cm³/mol. The second-order valence-corrected chi connectivity index (χ2v) is 4.62. The van der Waals surface area contributed by atoms with E-state index < -0.39 is 0 Å². The molecule has 0 saturated carbocycles. The molecule has 1 aromatic heterocycles. The Morgan fingerprint density at radius 3 is 2.78 bits per heavy atom. The van der Waals surface area contributed by atoms with Gasteiger partial charge in [-0.25, -0.2) is 9.98 Å². The molecule has 23 heavy (non-hydrogen) atoms. The fraction of sp³-hybridized carbons (Fsp3) is 0.250. The Bertz CT molecular complexity index is 649. The summed E-state index contributed by atoms with van der Waals surface area (Å²) < 4.78 is 10.2. The van der Waals surface area contributed by atoms with Crippen LogP contribution in [0.25, 0.3) is 0 Å². The monoisotopic (exact) mass is 428 g/mol. The summed E-state index contributed by atoms with van der Waals surface area (Å²) in [4.78, 5) is 8.38. The van der Waals surface area contributed by atoms with Crippen LogP contribution in [0.15, 0.2) is 47.6 Å². The van der Waals surface area contributed by atoms with E-state index in [0.29, 0.717) is 25.0 Å². The molecule has 0 atom stereocenters. The van der Waals surface area contributed by atoms with E-state index in [1.54, 1.807) is 20.4 Å². The number of halogens is 1. The second kappa shape index (κ2) is 10.0. The van der Waals surface area contributed by atoms with E-state index in [1.807, 2.05) is 36.4 Å². The molecule has 1 aromatic carbocycles. The first-order chi connectivity index (χ1) is 10.7. The molecule has 2 aromatic rings. The van der Waals surface area contributed by atoms with Gasteiger partial charge in [0.15, 0.2) is 5.96 Å². The highest BCUT2D eigenvalue weighted by atomic mass is 127. The molecule has 0 bridgehead atoms. The summed E-state index contributed by atoms with van der Waals surface area (Å²) in [6.07, 6.45) is 1.68. The third kappa shape index (κ3) is 6.03. The molecule has 0 saturated heterocycles. The molecule has 0 fully saturated rings. The summed E-state index contributed by atoms with van der Waals surface area (Å²) in [7, 11) is 3.24. The van der Waals surface area contributed by atoms with E-state index in [-0.39, 0.29) is 24.0 Å². The average molecular weight is 428 g/mol. The van der Waals surface area contributed by atoms with Crippen molar-refractivity contribution in [2.75, 3.05) is 19.5 Å². The van der Waals surface area contributed by atoms with E-state index in [2.05, 4.69) is 15.3 Å². The number of pyridine rings is 1. The van der Waals surface area contributed by atoms with Crippen LogP contribution in [0.4, 0.5) is 5.69 Å². The Hall–Kier alpha value is -1.87. The lowest BCUT2D eigenvalue weighted by Gasteiger charge is -2.10. The van der Waals surface area contributed by atoms with Gasteiger partial charge in [-0.3, -0.25) is 0 Å². The standard InChI is InChI=1S/C16H20N4O2.HI/c1-21-11-13-5-3-4-6-14(13)20-16(17)19-10-12-7-8-18-15(9-12)22-2;/h3-9H,10-11H2,1-2H3,(H3,17,19,20);1H. The molecule has 1 heterocycles. The molecule has 124 valence electrons. The molecule has 0 amide bonds. The number of aliphatic imine (C=N–C) groups is 1. The number of guanidine groups is 1. The number of para-hydroxylation sites is 1. The zero-order chi connectivity index (χ0) is 15.8. The fourth-order valence-electron chi connectivity index (χ4n) is 1.94. The Morgan fingerprint density at radius 1 is 1.26 bits per heavy atom. The van der Waals surface area contributed by atoms with Crippen molar-refractivity contribution in [1.29, 1.82) is 0 Å². The highest BCUT2D eigenvalue weighted by Gasteiger charge is 2.02. The van der Waals surface area contributed by atoms with E-state index in [4.69, 9.17) is 15.2 Å². The van der Waals surface area contributed by atoms with E-state index in [1.165, 1.54) is 0 Å². The maximum atomic E-state index is 5.94. The van der Waals surface area contributed by atoms with Crippen molar-refractivity contribution < 1.29 is 9.47 Å². The largest absolute Gasteiger partial charge is 0.481 e. The van der Waals surface area contributed by atoms with Crippen LogP contribution < -0.4 is 15.8 Å². The number of aromatic nitrogens is 1. The van der Waals surface area contributed by atoms with Gasteiger partial charge in [0.2, 0.25) is 5.88 Å². The van der Waals surface area contributed by atoms with Gasteiger partial charge in [0.25, 0.3) is 0 Å². The fourth-order valence-corrected chi connectivity index (χ4v) is 1.94. The van der Waals surface area contributed by atoms with Crippen molar-refractivity contribution in [2.45, 2.75) is 13.2 Å². The Labute approximate surface area is 153 Å². The molecular weight excluding hydrogens is 407 g/mol. The summed E-state index contributed by atoms with van der Waals surface area (Å²) in [5, 5.41) is 3.10. The van der Waals surface area contributed by atoms with Gasteiger partial charge in [-0.1, -0.05) is 18.2 Å². The number of ether oxygens (including phenoxy) is 2. The molecule has 2 rings (SSSR count). The summed E-state index contributed by atoms with van der Waals surface area (Å²) in [6, 6.07) is 11.5. The minimum absolute atomic E-state index is 0. The minimum atomic E-state index is 0. The first-order valence-electron chi connectivity index (χ1n) is 6.85. The number of nitrogens with zero attached hydrogens (tertiary/aromatic N) is 2. The van der Waals surface area contributed by atoms with Crippen molar-refractivity contribution in [3.8, 4) is 5.88 Å². The van der Waals surface area contributed by atoms with Crippen LogP contribution in [0.1, 0.15) is 11.1 Å². The number of rotatable bonds is 6. The first kappa shape index (κ1) is 19.2. The van der Waals surface area contributed by atoms with Gasteiger partial charge in [0.1, 0.15) is 0 Å². The summed E-state index contributed by atoms with van der Waals surface area (Å²) in [5.41, 5.74) is 8.82. The Balaban J connectivity index is 0.00000264. The average Bonchev–Trinajstić information content (AvgIpc) is 2.55. The number of hydrogen-bond acceptors (Lipinski definition) is 4. The van der Waals surface area contributed by atoms with Gasteiger partial charge in [-0.15, -0.1) is 24.0 Å². The topological polar surface area (TPSA) is 81.8 Å². The second-order valence-electron chi connectivity index (χ2n) is 4.62. The molecule has 7 heteroatoms. The maximum Gasteiger partial charge on any atom is 0.213 e. The predicted octanol–water partition coefficient (Wildman–Crippen LogP) is 2.78. The Morgan fingerprint density at radius 2 is 2.04 bits per heavy atom. The lowest BCUT2D eigenvalue weighted by atomic mass is 10.2. The first-order valence-corrected chi connectivity index (χ1v) is 6.85. The van der Waals surface area contributed by atoms with Crippen LogP contribution >= 0.6 is 24.0 Å². The molecule has 0 spiro atoms. The van der Waals surface area contributed by atoms with Gasteiger partial charge >= 0.3 is 0 Å². The third-order valence-electron chi connectivity index (χ3n) is 3.02. The van der Waals surface area contributed by atoms with E-state index in [0.717, 1.165) is 16.8 Å². The lowest BCUT2D eigenvalue weighted by molar-refractivity contribution is 0.185. The third-order valence-corrected chi connectivity index (χ3v) is 3.02. The summed E-state index contributed by atoms with van der Waals surface area (Å²) in [6.45, 7) is 0.960. The van der Waals surface area contributed by atoms with Gasteiger partial charge in [-0.2, -0.15) is 0 Å². The SMILES string of the molecule is COCc1ccccc1NC(N)=NCc1ccnc(OC)c1.I. The van der Waals surface area contributed by atoms with Crippen molar-refractivity contribution in [3.05, 3.63) is 53.7 Å². The van der Waals surface area contributed by atoms with Crippen molar-refractivity contribution in [2.24, 2.45) is 10.7 Å². The molecule has 0 radical (unpaired) electrons. The molecule has 0 unspecified atom stereocenters. The normalized spacial score (nSPS) is 10.8. The van der Waals surface area contributed by atoms with Gasteiger partial charge in [-0.05, 0) is 17.7 Å². The van der Waals surface area contributed by atoms with Crippen LogP contribution in [-0.2, 0) is 17.9 Å². The lowest BCUT2D eigenvalue weighted by Crippen LogP contribution is -2.23. The van der Waals surface area contributed by atoms with Crippen molar-refractivity contribution in [1.82, 2.24) is 4.98 Å².